The number of hydrogen-bond acceptors (Lipinski definition) is 5. The van der Waals surface area contributed by atoms with Crippen molar-refractivity contribution in [2.45, 2.75) is 31.8 Å². The predicted octanol–water partition coefficient (Wildman–Crippen LogP) is 3.27. The second kappa shape index (κ2) is 10.7. The van der Waals surface area contributed by atoms with Crippen LogP contribution in [0.1, 0.15) is 30.7 Å². The first-order chi connectivity index (χ1) is 10.1. The molecule has 0 saturated heterocycles. The highest BCUT2D eigenvalue weighted by Crippen LogP contribution is 2.32. The summed E-state index contributed by atoms with van der Waals surface area (Å²) in [4.78, 5) is 3.74. The minimum Gasteiger partial charge on any atom is -0.385 e. The zero-order chi connectivity index (χ0) is 15.7. The quantitative estimate of drug-likeness (QED) is 0.600. The van der Waals surface area contributed by atoms with Crippen molar-refractivity contribution in [1.29, 1.82) is 0 Å². The molecule has 0 amide bonds. The summed E-state index contributed by atoms with van der Waals surface area (Å²) in [6.45, 7) is 5.47. The topological polar surface area (TPSA) is 47.7 Å². The molecule has 2 unspecified atom stereocenters. The van der Waals surface area contributed by atoms with Gasteiger partial charge in [0.2, 0.25) is 0 Å². The van der Waals surface area contributed by atoms with Crippen LogP contribution in [0.5, 0.6) is 0 Å². The van der Waals surface area contributed by atoms with Gasteiger partial charge in [0.05, 0.1) is 12.6 Å². The Bertz CT molecular complexity index is 390. The maximum Gasteiger partial charge on any atom is 0.0594 e. The lowest BCUT2D eigenvalue weighted by Crippen LogP contribution is -2.42. The lowest BCUT2D eigenvalue weighted by Gasteiger charge is -2.34. The molecule has 1 heterocycles. The van der Waals surface area contributed by atoms with E-state index in [-0.39, 0.29) is 12.1 Å². The molecule has 0 aromatic carbocycles. The van der Waals surface area contributed by atoms with E-state index in [0.717, 1.165) is 37.0 Å². The smallest absolute Gasteiger partial charge is 0.0594 e. The maximum atomic E-state index is 6.41. The van der Waals surface area contributed by atoms with Crippen LogP contribution in [0.2, 0.25) is 0 Å². The van der Waals surface area contributed by atoms with E-state index in [1.54, 1.807) is 25.6 Å². The SMILES string of the molecule is CCC(N)C(c1cc(Br)cs1)N(CCCOC)CCOC. The van der Waals surface area contributed by atoms with E-state index in [4.69, 9.17) is 15.2 Å². The molecule has 6 heteroatoms. The van der Waals surface area contributed by atoms with Gasteiger partial charge in [0.25, 0.3) is 0 Å². The second-order valence-corrected chi connectivity index (χ2v) is 6.92. The number of nitrogens with two attached hydrogens (primary N) is 1. The maximum absolute atomic E-state index is 6.41. The third-order valence-corrected chi connectivity index (χ3v) is 5.29. The third kappa shape index (κ3) is 6.34. The third-order valence-electron chi connectivity index (χ3n) is 3.53. The van der Waals surface area contributed by atoms with Crippen molar-refractivity contribution < 1.29 is 9.47 Å². The Balaban J connectivity index is 2.87. The molecular weight excluding hydrogens is 352 g/mol. The fraction of sp³-hybridized carbons (Fsp3) is 0.733. The van der Waals surface area contributed by atoms with Crippen LogP contribution >= 0.6 is 27.3 Å². The molecule has 0 fully saturated rings. The number of ether oxygens (including phenoxy) is 2. The molecule has 21 heavy (non-hydrogen) atoms. The molecule has 0 aliphatic heterocycles. The van der Waals surface area contributed by atoms with Crippen molar-refractivity contribution in [3.63, 3.8) is 0 Å². The Morgan fingerprint density at radius 1 is 1.29 bits per heavy atom. The van der Waals surface area contributed by atoms with E-state index in [9.17, 15) is 0 Å². The van der Waals surface area contributed by atoms with Crippen molar-refractivity contribution in [2.75, 3.05) is 40.5 Å². The Labute approximate surface area is 140 Å². The van der Waals surface area contributed by atoms with Crippen LogP contribution in [-0.4, -0.2) is 51.5 Å². The standard InChI is InChI=1S/C15H27BrN2O2S/c1-4-13(17)15(14-10-12(16)11-21-14)18(7-9-20-3)6-5-8-19-2/h10-11,13,15H,4-9,17H2,1-3H3. The van der Waals surface area contributed by atoms with Gasteiger partial charge in [0, 0.05) is 54.7 Å². The Morgan fingerprint density at radius 2 is 2.00 bits per heavy atom. The summed E-state index contributed by atoms with van der Waals surface area (Å²) < 4.78 is 11.6. The summed E-state index contributed by atoms with van der Waals surface area (Å²) in [6, 6.07) is 2.54. The highest BCUT2D eigenvalue weighted by Gasteiger charge is 2.26. The molecule has 2 atom stereocenters. The minimum atomic E-state index is 0.120. The largest absolute Gasteiger partial charge is 0.385 e. The van der Waals surface area contributed by atoms with Crippen LogP contribution < -0.4 is 5.73 Å². The molecule has 0 bridgehead atoms. The van der Waals surface area contributed by atoms with Gasteiger partial charge in [0.1, 0.15) is 0 Å². The number of nitrogens with zero attached hydrogens (tertiary/aromatic N) is 1. The Hall–Kier alpha value is 0.0200. The van der Waals surface area contributed by atoms with Crippen LogP contribution in [0.15, 0.2) is 15.9 Å². The van der Waals surface area contributed by atoms with Crippen LogP contribution in [0.3, 0.4) is 0 Å². The summed E-state index contributed by atoms with van der Waals surface area (Å²) >= 11 is 5.31. The Morgan fingerprint density at radius 3 is 2.52 bits per heavy atom. The molecule has 0 saturated carbocycles. The van der Waals surface area contributed by atoms with Gasteiger partial charge in [-0.3, -0.25) is 4.90 Å². The fourth-order valence-corrected chi connectivity index (χ4v) is 4.03. The fourth-order valence-electron chi connectivity index (χ4n) is 2.38. The van der Waals surface area contributed by atoms with E-state index in [1.807, 2.05) is 0 Å². The molecule has 0 spiro atoms. The summed E-state index contributed by atoms with van der Waals surface area (Å²) in [5.74, 6) is 0. The molecule has 2 N–H and O–H groups in total. The number of thiophene rings is 1. The first kappa shape index (κ1) is 19.1. The van der Waals surface area contributed by atoms with Crippen LogP contribution in [0.4, 0.5) is 0 Å². The monoisotopic (exact) mass is 378 g/mol. The van der Waals surface area contributed by atoms with Crippen LogP contribution in [0, 0.1) is 0 Å². The van der Waals surface area contributed by atoms with Gasteiger partial charge in [-0.1, -0.05) is 6.92 Å². The van der Waals surface area contributed by atoms with Crippen molar-refractivity contribution >= 4 is 27.3 Å². The number of halogens is 1. The van der Waals surface area contributed by atoms with Gasteiger partial charge in [-0.05, 0) is 34.8 Å². The molecule has 1 aromatic heterocycles. The van der Waals surface area contributed by atoms with Gasteiger partial charge in [-0.25, -0.2) is 0 Å². The molecule has 1 rings (SSSR count). The van der Waals surface area contributed by atoms with E-state index < -0.39 is 0 Å². The molecule has 122 valence electrons. The van der Waals surface area contributed by atoms with Gasteiger partial charge in [-0.15, -0.1) is 11.3 Å². The lowest BCUT2D eigenvalue weighted by molar-refractivity contribution is 0.0965. The number of methoxy groups -OCH3 is 2. The average Bonchev–Trinajstić information content (AvgIpc) is 2.90. The minimum absolute atomic E-state index is 0.120. The van der Waals surface area contributed by atoms with Crippen molar-refractivity contribution in [3.8, 4) is 0 Å². The van der Waals surface area contributed by atoms with Gasteiger partial charge in [-0.2, -0.15) is 0 Å². The summed E-state index contributed by atoms with van der Waals surface area (Å²) in [5.41, 5.74) is 6.41. The second-order valence-electron chi connectivity index (χ2n) is 5.06. The van der Waals surface area contributed by atoms with Gasteiger partial charge < -0.3 is 15.2 Å². The van der Waals surface area contributed by atoms with E-state index in [0.29, 0.717) is 6.61 Å². The van der Waals surface area contributed by atoms with E-state index in [2.05, 4.69) is 39.2 Å². The lowest BCUT2D eigenvalue weighted by atomic mass is 10.0. The highest BCUT2D eigenvalue weighted by molar-refractivity contribution is 9.10. The summed E-state index contributed by atoms with van der Waals surface area (Å²) in [5, 5.41) is 2.12. The highest BCUT2D eigenvalue weighted by atomic mass is 79.9. The van der Waals surface area contributed by atoms with Gasteiger partial charge >= 0.3 is 0 Å². The van der Waals surface area contributed by atoms with Crippen molar-refractivity contribution in [1.82, 2.24) is 4.90 Å². The first-order valence-electron chi connectivity index (χ1n) is 7.35. The average molecular weight is 379 g/mol. The molecule has 0 aliphatic carbocycles. The predicted molar refractivity (Wildman–Crippen MR) is 93.0 cm³/mol. The number of hydrogen-bond donors (Lipinski definition) is 1. The summed E-state index contributed by atoms with van der Waals surface area (Å²) in [6.07, 6.45) is 1.95. The molecule has 0 radical (unpaired) electrons. The van der Waals surface area contributed by atoms with E-state index >= 15 is 0 Å². The molecular formula is C15H27BrN2O2S. The van der Waals surface area contributed by atoms with Crippen molar-refractivity contribution in [2.24, 2.45) is 5.73 Å². The van der Waals surface area contributed by atoms with Crippen LogP contribution in [-0.2, 0) is 9.47 Å². The molecule has 1 aromatic rings. The van der Waals surface area contributed by atoms with Gasteiger partial charge in [0.15, 0.2) is 0 Å². The zero-order valence-corrected chi connectivity index (χ0v) is 15.6. The first-order valence-corrected chi connectivity index (χ1v) is 9.02. The molecule has 4 nitrogen and oxygen atoms in total. The summed E-state index contributed by atoms with van der Waals surface area (Å²) in [7, 11) is 3.48. The normalized spacial score (nSPS) is 14.6. The Kier molecular flexibility index (Phi) is 9.71. The number of rotatable bonds is 11. The molecule has 0 aliphatic rings. The van der Waals surface area contributed by atoms with E-state index in [1.165, 1.54) is 4.88 Å². The van der Waals surface area contributed by atoms with Crippen LogP contribution in [0.25, 0.3) is 0 Å². The zero-order valence-electron chi connectivity index (χ0n) is 13.2. The van der Waals surface area contributed by atoms with Crippen molar-refractivity contribution in [3.05, 3.63) is 20.8 Å².